The molecule has 0 aliphatic carbocycles. The van der Waals surface area contributed by atoms with Gasteiger partial charge in [-0.3, -0.25) is 4.79 Å². The van der Waals surface area contributed by atoms with Gasteiger partial charge in [-0.25, -0.2) is 0 Å². The summed E-state index contributed by atoms with van der Waals surface area (Å²) in [5.41, 5.74) is 3.68. The van der Waals surface area contributed by atoms with Gasteiger partial charge in [0.1, 0.15) is 0 Å². The van der Waals surface area contributed by atoms with Gasteiger partial charge in [0.25, 0.3) is 5.91 Å². The fraction of sp³-hybridized carbons (Fsp3) is 0.200. The Balaban J connectivity index is 1.99. The van der Waals surface area contributed by atoms with E-state index in [4.69, 9.17) is 21.1 Å². The summed E-state index contributed by atoms with van der Waals surface area (Å²) >= 11 is 6.25. The molecule has 1 amide bonds. The summed E-state index contributed by atoms with van der Waals surface area (Å²) in [4.78, 5) is 12.8. The molecule has 134 valence electrons. The number of amides is 1. The average molecular weight is 371 g/mol. The summed E-state index contributed by atoms with van der Waals surface area (Å²) in [6.07, 6.45) is 1.75. The maximum atomic E-state index is 12.8. The van der Waals surface area contributed by atoms with Crippen molar-refractivity contribution >= 4 is 35.0 Å². The minimum Gasteiger partial charge on any atom is -0.493 e. The number of hydrazone groups is 1. The van der Waals surface area contributed by atoms with E-state index >= 15 is 0 Å². The van der Waals surface area contributed by atoms with Crippen molar-refractivity contribution in [3.63, 3.8) is 0 Å². The molecular formula is C20H19ClN2O3. The lowest BCUT2D eigenvalue weighted by Crippen LogP contribution is -2.21. The molecule has 0 aromatic heterocycles. The molecule has 5 nitrogen and oxygen atoms in total. The molecule has 0 radical (unpaired) electrons. The van der Waals surface area contributed by atoms with Crippen LogP contribution in [-0.2, 0) is 4.79 Å². The SMILES string of the molecule is COc1cc(/C=C2/C(=O)N(c3cccc(C)c3)N=C2C)cc(Cl)c1OC. The Kier molecular flexibility index (Phi) is 5.00. The van der Waals surface area contributed by atoms with Crippen molar-refractivity contribution in [2.45, 2.75) is 13.8 Å². The summed E-state index contributed by atoms with van der Waals surface area (Å²) in [5, 5.41) is 6.23. The number of hydrogen-bond acceptors (Lipinski definition) is 4. The summed E-state index contributed by atoms with van der Waals surface area (Å²) in [5.74, 6) is 0.780. The zero-order chi connectivity index (χ0) is 18.8. The van der Waals surface area contributed by atoms with Gasteiger partial charge in [0.2, 0.25) is 0 Å². The highest BCUT2D eigenvalue weighted by Crippen LogP contribution is 2.37. The van der Waals surface area contributed by atoms with E-state index in [1.807, 2.05) is 38.1 Å². The van der Waals surface area contributed by atoms with Crippen LogP contribution < -0.4 is 14.5 Å². The Morgan fingerprint density at radius 1 is 1.12 bits per heavy atom. The van der Waals surface area contributed by atoms with Crippen LogP contribution in [0.3, 0.4) is 0 Å². The molecule has 6 heteroatoms. The number of anilines is 1. The van der Waals surface area contributed by atoms with Crippen LogP contribution in [0.15, 0.2) is 47.1 Å². The van der Waals surface area contributed by atoms with Crippen molar-refractivity contribution < 1.29 is 14.3 Å². The molecule has 26 heavy (non-hydrogen) atoms. The number of aryl methyl sites for hydroxylation is 1. The average Bonchev–Trinajstić information content (AvgIpc) is 2.89. The van der Waals surface area contributed by atoms with Gasteiger partial charge in [-0.15, -0.1) is 0 Å². The van der Waals surface area contributed by atoms with Crippen LogP contribution >= 0.6 is 11.6 Å². The van der Waals surface area contributed by atoms with Gasteiger partial charge >= 0.3 is 0 Å². The van der Waals surface area contributed by atoms with Crippen LogP contribution in [0.5, 0.6) is 11.5 Å². The van der Waals surface area contributed by atoms with E-state index in [9.17, 15) is 4.79 Å². The molecule has 0 saturated carbocycles. The highest BCUT2D eigenvalue weighted by Gasteiger charge is 2.28. The lowest BCUT2D eigenvalue weighted by atomic mass is 10.1. The number of carbonyl (C=O) groups is 1. The fourth-order valence-corrected chi connectivity index (χ4v) is 3.10. The fourth-order valence-electron chi connectivity index (χ4n) is 2.81. The summed E-state index contributed by atoms with van der Waals surface area (Å²) in [6.45, 7) is 3.78. The van der Waals surface area contributed by atoms with Crippen molar-refractivity contribution in [3.8, 4) is 11.5 Å². The Morgan fingerprint density at radius 2 is 1.88 bits per heavy atom. The van der Waals surface area contributed by atoms with E-state index < -0.39 is 0 Å². The van der Waals surface area contributed by atoms with Crippen LogP contribution in [0, 0.1) is 6.92 Å². The van der Waals surface area contributed by atoms with Crippen LogP contribution in [-0.4, -0.2) is 25.8 Å². The number of benzene rings is 2. The van der Waals surface area contributed by atoms with Gasteiger partial charge in [0, 0.05) is 0 Å². The van der Waals surface area contributed by atoms with E-state index in [1.54, 1.807) is 18.2 Å². The standard InChI is InChI=1S/C20H19ClN2O3/c1-12-6-5-7-15(8-12)23-20(24)16(13(2)22-23)9-14-10-17(21)19(26-4)18(11-14)25-3/h5-11H,1-4H3/b16-9+. The first kappa shape index (κ1) is 18.0. The van der Waals surface area contributed by atoms with Gasteiger partial charge in [-0.05, 0) is 55.3 Å². The number of halogens is 1. The third kappa shape index (κ3) is 3.30. The molecule has 3 rings (SSSR count). The second-order valence-electron chi connectivity index (χ2n) is 5.94. The maximum absolute atomic E-state index is 12.8. The Hall–Kier alpha value is -2.79. The molecule has 0 bridgehead atoms. The molecule has 1 aliphatic rings. The van der Waals surface area contributed by atoms with E-state index in [-0.39, 0.29) is 5.91 Å². The second kappa shape index (κ2) is 7.22. The lowest BCUT2D eigenvalue weighted by Gasteiger charge is -2.12. The molecule has 0 saturated heterocycles. The second-order valence-corrected chi connectivity index (χ2v) is 6.34. The van der Waals surface area contributed by atoms with E-state index in [2.05, 4.69) is 5.10 Å². The highest BCUT2D eigenvalue weighted by atomic mass is 35.5. The zero-order valence-electron chi connectivity index (χ0n) is 15.0. The first-order valence-corrected chi connectivity index (χ1v) is 8.42. The number of nitrogens with zero attached hydrogens (tertiary/aromatic N) is 2. The lowest BCUT2D eigenvalue weighted by molar-refractivity contribution is -0.114. The minimum absolute atomic E-state index is 0.181. The Labute approximate surface area is 157 Å². The zero-order valence-corrected chi connectivity index (χ0v) is 15.8. The number of hydrogen-bond donors (Lipinski definition) is 0. The number of carbonyl (C=O) groups excluding carboxylic acids is 1. The third-order valence-electron chi connectivity index (χ3n) is 4.08. The summed E-state index contributed by atoms with van der Waals surface area (Å²) in [6, 6.07) is 11.2. The monoisotopic (exact) mass is 370 g/mol. The summed E-state index contributed by atoms with van der Waals surface area (Å²) in [7, 11) is 3.07. The van der Waals surface area contributed by atoms with Gasteiger partial charge < -0.3 is 9.47 Å². The van der Waals surface area contributed by atoms with Crippen molar-refractivity contribution in [1.82, 2.24) is 0 Å². The number of ether oxygens (including phenoxy) is 2. The minimum atomic E-state index is -0.181. The van der Waals surface area contributed by atoms with Crippen LogP contribution in [0.25, 0.3) is 6.08 Å². The molecule has 0 atom stereocenters. The molecule has 0 fully saturated rings. The van der Waals surface area contributed by atoms with E-state index in [0.29, 0.717) is 27.8 Å². The predicted octanol–water partition coefficient (Wildman–Crippen LogP) is 4.47. The summed E-state index contributed by atoms with van der Waals surface area (Å²) < 4.78 is 10.6. The van der Waals surface area contributed by atoms with E-state index in [0.717, 1.165) is 16.8 Å². The molecule has 0 unspecified atom stereocenters. The van der Waals surface area contributed by atoms with Crippen LogP contribution in [0.4, 0.5) is 5.69 Å². The van der Waals surface area contributed by atoms with Gasteiger partial charge in [-0.2, -0.15) is 10.1 Å². The first-order chi connectivity index (χ1) is 12.4. The molecule has 2 aromatic rings. The topological polar surface area (TPSA) is 51.1 Å². The van der Waals surface area contributed by atoms with Gasteiger partial charge in [-0.1, -0.05) is 23.7 Å². The molecule has 0 N–H and O–H groups in total. The molecule has 0 spiro atoms. The largest absolute Gasteiger partial charge is 0.493 e. The van der Waals surface area contributed by atoms with Gasteiger partial charge in [0.05, 0.1) is 36.2 Å². The van der Waals surface area contributed by atoms with Crippen molar-refractivity contribution in [2.75, 3.05) is 19.2 Å². The maximum Gasteiger partial charge on any atom is 0.280 e. The first-order valence-electron chi connectivity index (χ1n) is 8.04. The van der Waals surface area contributed by atoms with E-state index in [1.165, 1.54) is 19.2 Å². The molecule has 2 aromatic carbocycles. The molecular weight excluding hydrogens is 352 g/mol. The van der Waals surface area contributed by atoms with Crippen LogP contribution in [0.2, 0.25) is 5.02 Å². The quantitative estimate of drug-likeness (QED) is 0.746. The van der Waals surface area contributed by atoms with Crippen LogP contribution in [0.1, 0.15) is 18.1 Å². The van der Waals surface area contributed by atoms with Gasteiger partial charge in [0.15, 0.2) is 11.5 Å². The Bertz CT molecular complexity index is 935. The number of methoxy groups -OCH3 is 2. The van der Waals surface area contributed by atoms with Crippen molar-refractivity contribution in [2.24, 2.45) is 5.10 Å². The predicted molar refractivity (Wildman–Crippen MR) is 104 cm³/mol. The molecule has 1 heterocycles. The normalized spacial score (nSPS) is 15.4. The number of rotatable bonds is 4. The van der Waals surface area contributed by atoms with Crippen molar-refractivity contribution in [1.29, 1.82) is 0 Å². The smallest absolute Gasteiger partial charge is 0.280 e. The Morgan fingerprint density at radius 3 is 2.54 bits per heavy atom. The molecule has 1 aliphatic heterocycles. The highest BCUT2D eigenvalue weighted by molar-refractivity contribution is 6.33. The third-order valence-corrected chi connectivity index (χ3v) is 4.36. The van der Waals surface area contributed by atoms with Crippen molar-refractivity contribution in [3.05, 3.63) is 58.1 Å².